The summed E-state index contributed by atoms with van der Waals surface area (Å²) < 4.78 is 10.9. The number of halogens is 1. The number of nitro benzene ring substituents is 1. The molecule has 1 aromatic heterocycles. The van der Waals surface area contributed by atoms with Gasteiger partial charge < -0.3 is 9.47 Å². The summed E-state index contributed by atoms with van der Waals surface area (Å²) in [5, 5.41) is 14.9. The number of nitro groups is 1. The lowest BCUT2D eigenvalue weighted by Crippen LogP contribution is -2.17. The molecule has 9 nitrogen and oxygen atoms in total. The first kappa shape index (κ1) is 15.9. The minimum absolute atomic E-state index is 0.000293. The number of pyridine rings is 1. The van der Waals surface area contributed by atoms with E-state index in [0.717, 1.165) is 0 Å². The van der Waals surface area contributed by atoms with Crippen molar-refractivity contribution < 1.29 is 19.2 Å². The SMILES string of the molecule is O=C(N/N=C/c1cc2c(cc1[N+](=O)[O-])OCO2)c1cncc(Br)c1. The molecule has 1 aromatic carbocycles. The van der Waals surface area contributed by atoms with E-state index in [1.165, 1.54) is 30.7 Å². The highest BCUT2D eigenvalue weighted by molar-refractivity contribution is 9.10. The van der Waals surface area contributed by atoms with Gasteiger partial charge in [-0.15, -0.1) is 0 Å². The van der Waals surface area contributed by atoms with Gasteiger partial charge in [-0.3, -0.25) is 19.9 Å². The van der Waals surface area contributed by atoms with E-state index in [1.807, 2.05) is 0 Å². The summed E-state index contributed by atoms with van der Waals surface area (Å²) in [4.78, 5) is 26.4. The molecular weight excluding hydrogens is 384 g/mol. The van der Waals surface area contributed by atoms with E-state index in [9.17, 15) is 14.9 Å². The molecule has 10 heteroatoms. The lowest BCUT2D eigenvalue weighted by atomic mass is 10.1. The molecule has 122 valence electrons. The zero-order valence-electron chi connectivity index (χ0n) is 11.9. The molecule has 0 atom stereocenters. The van der Waals surface area contributed by atoms with Crippen molar-refractivity contribution in [3.05, 3.63) is 56.3 Å². The largest absolute Gasteiger partial charge is 0.454 e. The average molecular weight is 393 g/mol. The summed E-state index contributed by atoms with van der Waals surface area (Å²) in [6.45, 7) is -0.000293. The second-order valence-corrected chi connectivity index (χ2v) is 5.53. The molecule has 0 saturated heterocycles. The van der Waals surface area contributed by atoms with Crippen LogP contribution >= 0.6 is 15.9 Å². The number of hydrogen-bond acceptors (Lipinski definition) is 7. The van der Waals surface area contributed by atoms with Gasteiger partial charge in [0, 0.05) is 16.9 Å². The van der Waals surface area contributed by atoms with Crippen LogP contribution in [0.4, 0.5) is 5.69 Å². The van der Waals surface area contributed by atoms with E-state index in [2.05, 4.69) is 31.4 Å². The number of nitrogens with one attached hydrogen (secondary N) is 1. The van der Waals surface area contributed by atoms with Crippen LogP contribution in [-0.2, 0) is 0 Å². The molecule has 0 radical (unpaired) electrons. The molecule has 1 N–H and O–H groups in total. The van der Waals surface area contributed by atoms with E-state index in [-0.39, 0.29) is 18.0 Å². The molecular formula is C14H9BrN4O5. The van der Waals surface area contributed by atoms with Crippen LogP contribution in [0, 0.1) is 10.1 Å². The molecule has 1 amide bonds. The highest BCUT2D eigenvalue weighted by atomic mass is 79.9. The number of carbonyl (C=O) groups is 1. The number of aromatic nitrogens is 1. The van der Waals surface area contributed by atoms with E-state index < -0.39 is 10.8 Å². The zero-order valence-corrected chi connectivity index (χ0v) is 13.5. The third-order valence-corrected chi connectivity index (χ3v) is 3.49. The molecule has 0 aliphatic carbocycles. The van der Waals surface area contributed by atoms with Crippen LogP contribution in [0.2, 0.25) is 0 Å². The maximum atomic E-state index is 11.9. The Morgan fingerprint density at radius 3 is 2.79 bits per heavy atom. The minimum Gasteiger partial charge on any atom is -0.454 e. The number of ether oxygens (including phenoxy) is 2. The van der Waals surface area contributed by atoms with Crippen LogP contribution in [0.3, 0.4) is 0 Å². The predicted molar refractivity (Wildman–Crippen MR) is 86.2 cm³/mol. The van der Waals surface area contributed by atoms with Crippen LogP contribution < -0.4 is 14.9 Å². The Morgan fingerprint density at radius 2 is 2.08 bits per heavy atom. The summed E-state index contributed by atoms with van der Waals surface area (Å²) in [6.07, 6.45) is 4.08. The van der Waals surface area contributed by atoms with Gasteiger partial charge in [0.25, 0.3) is 11.6 Å². The summed E-state index contributed by atoms with van der Waals surface area (Å²) in [5.74, 6) is 0.177. The smallest absolute Gasteiger partial charge is 0.282 e. The fourth-order valence-electron chi connectivity index (χ4n) is 1.97. The minimum atomic E-state index is -0.566. The van der Waals surface area contributed by atoms with Gasteiger partial charge in [0.2, 0.25) is 6.79 Å². The van der Waals surface area contributed by atoms with Gasteiger partial charge in [-0.05, 0) is 28.1 Å². The Hall–Kier alpha value is -3.01. The molecule has 0 bridgehead atoms. The molecule has 0 unspecified atom stereocenters. The molecule has 0 spiro atoms. The number of amides is 1. The van der Waals surface area contributed by atoms with E-state index >= 15 is 0 Å². The Labute approximate surface area is 143 Å². The van der Waals surface area contributed by atoms with Gasteiger partial charge >= 0.3 is 0 Å². The lowest BCUT2D eigenvalue weighted by molar-refractivity contribution is -0.385. The fourth-order valence-corrected chi connectivity index (χ4v) is 2.33. The van der Waals surface area contributed by atoms with Gasteiger partial charge in [-0.2, -0.15) is 5.10 Å². The van der Waals surface area contributed by atoms with Gasteiger partial charge in [-0.25, -0.2) is 5.43 Å². The second-order valence-electron chi connectivity index (χ2n) is 4.61. The van der Waals surface area contributed by atoms with Crippen molar-refractivity contribution in [3.8, 4) is 11.5 Å². The maximum Gasteiger partial charge on any atom is 0.282 e. The number of rotatable bonds is 4. The number of hydrazone groups is 1. The molecule has 1 aliphatic heterocycles. The molecule has 2 aromatic rings. The third kappa shape index (κ3) is 3.33. The fraction of sp³-hybridized carbons (Fsp3) is 0.0714. The number of nitrogens with zero attached hydrogens (tertiary/aromatic N) is 3. The van der Waals surface area contributed by atoms with Crippen LogP contribution in [0.15, 0.2) is 40.2 Å². The van der Waals surface area contributed by atoms with E-state index in [1.54, 1.807) is 6.07 Å². The molecule has 0 saturated carbocycles. The standard InChI is InChI=1S/C14H9BrN4O5/c15-10-1-9(4-16-6-10)14(20)18-17-5-8-2-12-13(24-7-23-12)3-11(8)19(21)22/h1-6H,7H2,(H,18,20)/b17-5+. The Morgan fingerprint density at radius 1 is 1.33 bits per heavy atom. The topological polar surface area (TPSA) is 116 Å². The number of carbonyl (C=O) groups excluding carboxylic acids is 1. The van der Waals surface area contributed by atoms with Crippen molar-refractivity contribution in [2.24, 2.45) is 5.10 Å². The molecule has 1 aliphatic rings. The summed E-state index contributed by atoms with van der Waals surface area (Å²) in [6, 6.07) is 4.25. The number of benzene rings is 1. The second kappa shape index (κ2) is 6.62. The normalized spacial score (nSPS) is 12.4. The molecule has 24 heavy (non-hydrogen) atoms. The van der Waals surface area contributed by atoms with E-state index in [0.29, 0.717) is 21.5 Å². The van der Waals surface area contributed by atoms with Crippen LogP contribution in [0.25, 0.3) is 0 Å². The van der Waals surface area contributed by atoms with E-state index in [4.69, 9.17) is 9.47 Å². The average Bonchev–Trinajstić information content (AvgIpc) is 3.01. The summed E-state index contributed by atoms with van der Waals surface area (Å²) in [7, 11) is 0. The summed E-state index contributed by atoms with van der Waals surface area (Å²) in [5.41, 5.74) is 2.55. The first-order valence-electron chi connectivity index (χ1n) is 6.56. The molecule has 2 heterocycles. The van der Waals surface area contributed by atoms with Crippen LogP contribution in [0.1, 0.15) is 15.9 Å². The van der Waals surface area contributed by atoms with Crippen molar-refractivity contribution in [1.82, 2.24) is 10.4 Å². The van der Waals surface area contributed by atoms with Crippen molar-refractivity contribution >= 4 is 33.7 Å². The van der Waals surface area contributed by atoms with Gasteiger partial charge in [0.05, 0.1) is 28.3 Å². The van der Waals surface area contributed by atoms with Crippen molar-refractivity contribution in [2.75, 3.05) is 6.79 Å². The first-order chi connectivity index (χ1) is 11.5. The number of fused-ring (bicyclic) bond motifs is 1. The zero-order chi connectivity index (χ0) is 17.1. The third-order valence-electron chi connectivity index (χ3n) is 3.06. The van der Waals surface area contributed by atoms with Gasteiger partial charge in [0.15, 0.2) is 11.5 Å². The van der Waals surface area contributed by atoms with Gasteiger partial charge in [-0.1, -0.05) is 0 Å². The lowest BCUT2D eigenvalue weighted by Gasteiger charge is -2.02. The monoisotopic (exact) mass is 392 g/mol. The first-order valence-corrected chi connectivity index (χ1v) is 7.36. The predicted octanol–water partition coefficient (Wildman–Crippen LogP) is 2.24. The quantitative estimate of drug-likeness (QED) is 0.484. The highest BCUT2D eigenvalue weighted by Gasteiger charge is 2.22. The van der Waals surface area contributed by atoms with Crippen molar-refractivity contribution in [2.45, 2.75) is 0 Å². The Kier molecular flexibility index (Phi) is 4.38. The van der Waals surface area contributed by atoms with Crippen LogP contribution in [-0.4, -0.2) is 28.8 Å². The Bertz CT molecular complexity index is 855. The van der Waals surface area contributed by atoms with Crippen molar-refractivity contribution in [1.29, 1.82) is 0 Å². The van der Waals surface area contributed by atoms with Gasteiger partial charge in [0.1, 0.15) is 0 Å². The van der Waals surface area contributed by atoms with Crippen molar-refractivity contribution in [3.63, 3.8) is 0 Å². The number of hydrogen-bond donors (Lipinski definition) is 1. The molecule has 0 fully saturated rings. The van der Waals surface area contributed by atoms with Crippen LogP contribution in [0.5, 0.6) is 11.5 Å². The summed E-state index contributed by atoms with van der Waals surface area (Å²) >= 11 is 3.21. The maximum absolute atomic E-state index is 11.9. The molecule has 3 rings (SSSR count). The Balaban J connectivity index is 1.79. The highest BCUT2D eigenvalue weighted by Crippen LogP contribution is 2.37.